The Kier molecular flexibility index (Phi) is 2.97. The third kappa shape index (κ3) is 2.09. The SMILES string of the molecule is O=C(O)CC1(c2cc(Cl)c(F)c(Br)c2)CC1. The van der Waals surface area contributed by atoms with Gasteiger partial charge in [0.05, 0.1) is 15.9 Å². The van der Waals surface area contributed by atoms with Crippen LogP contribution in [0.2, 0.25) is 5.02 Å². The van der Waals surface area contributed by atoms with Crippen molar-refractivity contribution in [3.63, 3.8) is 0 Å². The average molecular weight is 308 g/mol. The molecular weight excluding hydrogens is 298 g/mol. The zero-order valence-electron chi connectivity index (χ0n) is 8.27. The summed E-state index contributed by atoms with van der Waals surface area (Å²) in [6.07, 6.45) is 1.70. The molecule has 0 unspecified atom stereocenters. The molecule has 1 aliphatic carbocycles. The van der Waals surface area contributed by atoms with Crippen LogP contribution in [-0.4, -0.2) is 11.1 Å². The Bertz CT molecular complexity index is 434. The Balaban J connectivity index is 2.38. The van der Waals surface area contributed by atoms with Crippen LogP contribution in [0.5, 0.6) is 0 Å². The zero-order valence-corrected chi connectivity index (χ0v) is 10.6. The van der Waals surface area contributed by atoms with Crippen molar-refractivity contribution in [3.8, 4) is 0 Å². The van der Waals surface area contributed by atoms with Gasteiger partial charge in [0, 0.05) is 5.41 Å². The van der Waals surface area contributed by atoms with Gasteiger partial charge in [-0.05, 0) is 46.5 Å². The van der Waals surface area contributed by atoms with Crippen LogP contribution in [0.25, 0.3) is 0 Å². The molecule has 0 radical (unpaired) electrons. The Morgan fingerprint density at radius 1 is 1.56 bits per heavy atom. The number of carbonyl (C=O) groups is 1. The summed E-state index contributed by atoms with van der Waals surface area (Å²) >= 11 is 8.81. The van der Waals surface area contributed by atoms with Crippen molar-refractivity contribution in [3.05, 3.63) is 33.0 Å². The molecule has 1 aromatic rings. The molecule has 0 spiro atoms. The minimum absolute atomic E-state index is 0.0287. The van der Waals surface area contributed by atoms with Crippen LogP contribution < -0.4 is 0 Å². The molecule has 0 atom stereocenters. The minimum atomic E-state index is -0.839. The smallest absolute Gasteiger partial charge is 0.304 e. The standard InChI is InChI=1S/C11H9BrClFO2/c12-7-3-6(4-8(13)10(7)14)11(1-2-11)5-9(15)16/h3-4H,1-2,5H2,(H,15,16). The summed E-state index contributed by atoms with van der Waals surface area (Å²) in [5, 5.41) is 8.85. The monoisotopic (exact) mass is 306 g/mol. The molecule has 0 heterocycles. The predicted octanol–water partition coefficient (Wildman–Crippen LogP) is 3.75. The molecule has 0 aromatic heterocycles. The number of carboxylic acid groups (broad SMARTS) is 1. The van der Waals surface area contributed by atoms with E-state index in [2.05, 4.69) is 15.9 Å². The Morgan fingerprint density at radius 3 is 2.62 bits per heavy atom. The lowest BCUT2D eigenvalue weighted by atomic mass is 9.92. The number of aliphatic carboxylic acids is 1. The van der Waals surface area contributed by atoms with Crippen molar-refractivity contribution in [2.75, 3.05) is 0 Å². The van der Waals surface area contributed by atoms with Gasteiger partial charge in [-0.2, -0.15) is 0 Å². The molecule has 16 heavy (non-hydrogen) atoms. The highest BCUT2D eigenvalue weighted by Crippen LogP contribution is 2.52. The lowest BCUT2D eigenvalue weighted by Gasteiger charge is -2.14. The van der Waals surface area contributed by atoms with Crippen LogP contribution in [0.3, 0.4) is 0 Å². The van der Waals surface area contributed by atoms with E-state index in [0.717, 1.165) is 18.4 Å². The largest absolute Gasteiger partial charge is 0.481 e. The average Bonchev–Trinajstić information content (AvgIpc) is 2.93. The van der Waals surface area contributed by atoms with Gasteiger partial charge in [0.1, 0.15) is 0 Å². The van der Waals surface area contributed by atoms with E-state index in [-0.39, 0.29) is 21.3 Å². The summed E-state index contributed by atoms with van der Waals surface area (Å²) in [5.41, 5.74) is 0.458. The van der Waals surface area contributed by atoms with Crippen LogP contribution in [-0.2, 0) is 10.2 Å². The molecular formula is C11H9BrClFO2. The molecule has 1 N–H and O–H groups in total. The van der Waals surface area contributed by atoms with Crippen molar-refractivity contribution in [1.29, 1.82) is 0 Å². The molecule has 2 nitrogen and oxygen atoms in total. The van der Waals surface area contributed by atoms with E-state index >= 15 is 0 Å². The molecule has 0 aliphatic heterocycles. The van der Waals surface area contributed by atoms with Crippen LogP contribution in [0.1, 0.15) is 24.8 Å². The first-order valence-electron chi connectivity index (χ1n) is 4.81. The lowest BCUT2D eigenvalue weighted by molar-refractivity contribution is -0.137. The fraction of sp³-hybridized carbons (Fsp3) is 0.364. The first-order chi connectivity index (χ1) is 7.44. The van der Waals surface area contributed by atoms with Gasteiger partial charge >= 0.3 is 5.97 Å². The first-order valence-corrected chi connectivity index (χ1v) is 5.98. The van der Waals surface area contributed by atoms with Crippen LogP contribution in [0.4, 0.5) is 4.39 Å². The molecule has 1 saturated carbocycles. The fourth-order valence-electron chi connectivity index (χ4n) is 1.87. The van der Waals surface area contributed by atoms with Crippen molar-refractivity contribution >= 4 is 33.5 Å². The van der Waals surface area contributed by atoms with Gasteiger partial charge in [-0.25, -0.2) is 4.39 Å². The number of hydrogen-bond acceptors (Lipinski definition) is 1. The Morgan fingerprint density at radius 2 is 2.19 bits per heavy atom. The maximum Gasteiger partial charge on any atom is 0.304 e. The molecule has 0 amide bonds. The summed E-state index contributed by atoms with van der Waals surface area (Å²) in [7, 11) is 0. The maximum atomic E-state index is 13.3. The van der Waals surface area contributed by atoms with Crippen molar-refractivity contribution in [2.24, 2.45) is 0 Å². The molecule has 0 saturated heterocycles. The molecule has 1 aliphatic rings. The molecule has 1 fully saturated rings. The molecule has 5 heteroatoms. The maximum absolute atomic E-state index is 13.3. The van der Waals surface area contributed by atoms with Crippen molar-refractivity contribution in [2.45, 2.75) is 24.7 Å². The van der Waals surface area contributed by atoms with E-state index in [1.165, 1.54) is 6.07 Å². The number of halogens is 3. The van der Waals surface area contributed by atoms with E-state index in [1.54, 1.807) is 6.07 Å². The van der Waals surface area contributed by atoms with Crippen LogP contribution in [0, 0.1) is 5.82 Å². The van der Waals surface area contributed by atoms with E-state index in [1.807, 2.05) is 0 Å². The first kappa shape index (κ1) is 11.9. The van der Waals surface area contributed by atoms with E-state index in [9.17, 15) is 9.18 Å². The quantitative estimate of drug-likeness (QED) is 0.864. The van der Waals surface area contributed by atoms with Crippen molar-refractivity contribution < 1.29 is 14.3 Å². The predicted molar refractivity (Wildman–Crippen MR) is 62.3 cm³/mol. The van der Waals surface area contributed by atoms with Gasteiger partial charge in [-0.3, -0.25) is 4.79 Å². The second-order valence-electron chi connectivity index (χ2n) is 4.10. The highest BCUT2D eigenvalue weighted by atomic mass is 79.9. The summed E-state index contributed by atoms with van der Waals surface area (Å²) in [4.78, 5) is 10.7. The lowest BCUT2D eigenvalue weighted by Crippen LogP contribution is -2.13. The fourth-order valence-corrected chi connectivity index (χ4v) is 2.66. The topological polar surface area (TPSA) is 37.3 Å². The minimum Gasteiger partial charge on any atom is -0.481 e. The number of carboxylic acids is 1. The summed E-state index contributed by atoms with van der Waals surface area (Å²) in [5.74, 6) is -1.34. The third-order valence-corrected chi connectivity index (χ3v) is 3.79. The highest BCUT2D eigenvalue weighted by Gasteiger charge is 2.46. The van der Waals surface area contributed by atoms with Crippen LogP contribution >= 0.6 is 27.5 Å². The summed E-state index contributed by atoms with van der Waals surface area (Å²) in [6, 6.07) is 3.15. The van der Waals surface area contributed by atoms with E-state index < -0.39 is 11.8 Å². The Hall–Kier alpha value is -0.610. The molecule has 2 rings (SSSR count). The third-order valence-electron chi connectivity index (χ3n) is 2.94. The summed E-state index contributed by atoms with van der Waals surface area (Å²) in [6.45, 7) is 0. The normalized spacial score (nSPS) is 17.2. The van der Waals surface area contributed by atoms with Crippen LogP contribution in [0.15, 0.2) is 16.6 Å². The van der Waals surface area contributed by atoms with E-state index in [0.29, 0.717) is 0 Å². The summed E-state index contributed by atoms with van der Waals surface area (Å²) < 4.78 is 13.6. The van der Waals surface area contributed by atoms with E-state index in [4.69, 9.17) is 16.7 Å². The number of rotatable bonds is 3. The van der Waals surface area contributed by atoms with Gasteiger partial charge in [0.2, 0.25) is 0 Å². The van der Waals surface area contributed by atoms with Gasteiger partial charge in [0.25, 0.3) is 0 Å². The number of hydrogen-bond donors (Lipinski definition) is 1. The second-order valence-corrected chi connectivity index (χ2v) is 5.37. The Labute approximate surface area is 106 Å². The van der Waals surface area contributed by atoms with Gasteiger partial charge in [-0.15, -0.1) is 0 Å². The van der Waals surface area contributed by atoms with Crippen molar-refractivity contribution in [1.82, 2.24) is 0 Å². The second kappa shape index (κ2) is 4.00. The van der Waals surface area contributed by atoms with Gasteiger partial charge in [-0.1, -0.05) is 11.6 Å². The number of benzene rings is 1. The molecule has 1 aromatic carbocycles. The van der Waals surface area contributed by atoms with Gasteiger partial charge < -0.3 is 5.11 Å². The molecule has 0 bridgehead atoms. The molecule has 86 valence electrons. The highest BCUT2D eigenvalue weighted by molar-refractivity contribution is 9.10. The van der Waals surface area contributed by atoms with Gasteiger partial charge in [0.15, 0.2) is 5.82 Å². The zero-order chi connectivity index (χ0) is 11.9.